The molecule has 1 aromatic heterocycles. The molecule has 0 radical (unpaired) electrons. The van der Waals surface area contributed by atoms with Crippen LogP contribution in [0, 0.1) is 0 Å². The molecular formula is C12H8Cl2N2O. The number of fused-ring (bicyclic) bond motifs is 1. The van der Waals surface area contributed by atoms with Gasteiger partial charge in [-0.2, -0.15) is 0 Å². The summed E-state index contributed by atoms with van der Waals surface area (Å²) in [5, 5.41) is 1.11. The van der Waals surface area contributed by atoms with Crippen LogP contribution < -0.4 is 4.74 Å². The molecule has 1 aromatic carbocycles. The summed E-state index contributed by atoms with van der Waals surface area (Å²) in [5.74, 6) is 0.663. The third-order valence-corrected chi connectivity index (χ3v) is 3.09. The van der Waals surface area contributed by atoms with Crippen molar-refractivity contribution in [1.29, 1.82) is 0 Å². The summed E-state index contributed by atoms with van der Waals surface area (Å²) in [6, 6.07) is 3.51. The molecule has 0 saturated heterocycles. The van der Waals surface area contributed by atoms with Gasteiger partial charge in [-0.3, -0.25) is 0 Å². The van der Waals surface area contributed by atoms with E-state index in [1.54, 1.807) is 12.4 Å². The van der Waals surface area contributed by atoms with Crippen LogP contribution in [0.5, 0.6) is 5.75 Å². The van der Waals surface area contributed by atoms with Crippen molar-refractivity contribution in [3.63, 3.8) is 0 Å². The van der Waals surface area contributed by atoms with Crippen LogP contribution in [0.3, 0.4) is 0 Å². The molecule has 0 atom stereocenters. The summed E-state index contributed by atoms with van der Waals surface area (Å²) >= 11 is 12.1. The number of nitrogens with zero attached hydrogens (tertiary/aromatic N) is 1. The van der Waals surface area contributed by atoms with Gasteiger partial charge in [-0.15, -0.1) is 0 Å². The topological polar surface area (TPSA) is 37.9 Å². The first-order valence-corrected chi connectivity index (χ1v) is 5.83. The van der Waals surface area contributed by atoms with Crippen molar-refractivity contribution in [3.05, 3.63) is 52.0 Å². The number of halogens is 2. The minimum absolute atomic E-state index is 0.483. The van der Waals surface area contributed by atoms with E-state index in [1.165, 1.54) is 0 Å². The Hall–Kier alpha value is -1.45. The molecule has 2 aromatic rings. The average molecular weight is 267 g/mol. The number of nitrogens with one attached hydrogen (secondary N) is 1. The van der Waals surface area contributed by atoms with Crippen LogP contribution >= 0.6 is 23.2 Å². The number of hydrogen-bond acceptors (Lipinski definition) is 2. The zero-order chi connectivity index (χ0) is 11.8. The molecule has 17 heavy (non-hydrogen) atoms. The van der Waals surface area contributed by atoms with Crippen molar-refractivity contribution in [3.8, 4) is 5.75 Å². The second-order valence-corrected chi connectivity index (χ2v) is 4.49. The van der Waals surface area contributed by atoms with Crippen LogP contribution in [0.15, 0.2) is 30.7 Å². The van der Waals surface area contributed by atoms with Crippen LogP contribution in [-0.2, 0) is 0 Å². The van der Waals surface area contributed by atoms with E-state index >= 15 is 0 Å². The fourth-order valence-electron chi connectivity index (χ4n) is 1.88. The Morgan fingerprint density at radius 2 is 2.18 bits per heavy atom. The van der Waals surface area contributed by atoms with E-state index in [4.69, 9.17) is 27.9 Å². The zero-order valence-electron chi connectivity index (χ0n) is 8.71. The molecule has 1 N–H and O–H groups in total. The Bertz CT molecular complexity index is 591. The van der Waals surface area contributed by atoms with E-state index in [0.717, 1.165) is 16.8 Å². The third-order valence-electron chi connectivity index (χ3n) is 2.59. The molecule has 2 heterocycles. The third kappa shape index (κ3) is 1.81. The molecule has 0 spiro atoms. The Labute approximate surface area is 108 Å². The fourth-order valence-corrected chi connectivity index (χ4v) is 2.42. The minimum atomic E-state index is 0.483. The molecule has 0 amide bonds. The van der Waals surface area contributed by atoms with Crippen LogP contribution in [0.4, 0.5) is 0 Å². The lowest BCUT2D eigenvalue weighted by molar-refractivity contribution is 0.357. The van der Waals surface area contributed by atoms with Gasteiger partial charge in [0.05, 0.1) is 17.0 Å². The van der Waals surface area contributed by atoms with E-state index in [9.17, 15) is 0 Å². The molecule has 5 heteroatoms. The predicted octanol–water partition coefficient (Wildman–Crippen LogP) is 3.54. The van der Waals surface area contributed by atoms with E-state index in [-0.39, 0.29) is 0 Å². The van der Waals surface area contributed by atoms with Crippen molar-refractivity contribution >= 4 is 28.8 Å². The van der Waals surface area contributed by atoms with Crippen molar-refractivity contribution in [2.24, 2.45) is 0 Å². The van der Waals surface area contributed by atoms with Gasteiger partial charge in [-0.25, -0.2) is 4.98 Å². The Balaban J connectivity index is 2.20. The number of aromatic nitrogens is 2. The highest BCUT2D eigenvalue weighted by molar-refractivity contribution is 6.36. The Morgan fingerprint density at radius 3 is 2.94 bits per heavy atom. The van der Waals surface area contributed by atoms with Crippen LogP contribution in [-0.4, -0.2) is 16.6 Å². The maximum absolute atomic E-state index is 6.11. The lowest BCUT2D eigenvalue weighted by Crippen LogP contribution is -2.06. The van der Waals surface area contributed by atoms with Gasteiger partial charge in [-0.1, -0.05) is 23.2 Å². The number of rotatable bonds is 1. The normalized spacial score (nSPS) is 13.9. The Morgan fingerprint density at radius 1 is 1.29 bits per heavy atom. The highest BCUT2D eigenvalue weighted by Crippen LogP contribution is 2.40. The quantitative estimate of drug-likeness (QED) is 0.858. The maximum atomic E-state index is 6.11. The number of hydrogen-bond donors (Lipinski definition) is 1. The van der Waals surface area contributed by atoms with Crippen molar-refractivity contribution in [1.82, 2.24) is 9.97 Å². The maximum Gasteiger partial charge on any atom is 0.146 e. The molecule has 1 aliphatic heterocycles. The van der Waals surface area contributed by atoms with E-state index < -0.39 is 0 Å². The average Bonchev–Trinajstić information content (AvgIpc) is 2.81. The van der Waals surface area contributed by atoms with Crippen LogP contribution in [0.1, 0.15) is 11.3 Å². The summed E-state index contributed by atoms with van der Waals surface area (Å²) in [6.45, 7) is 0.483. The highest BCUT2D eigenvalue weighted by Gasteiger charge is 2.20. The van der Waals surface area contributed by atoms with Gasteiger partial charge in [0.1, 0.15) is 12.4 Å². The summed E-state index contributed by atoms with van der Waals surface area (Å²) in [5.41, 5.74) is 2.71. The summed E-state index contributed by atoms with van der Waals surface area (Å²) in [4.78, 5) is 7.16. The highest BCUT2D eigenvalue weighted by atomic mass is 35.5. The SMILES string of the molecule is Clc1cc(Cl)c2c(c1)C(c1c[nH]cn1)=CCO2. The van der Waals surface area contributed by atoms with Gasteiger partial charge in [-0.05, 0) is 18.2 Å². The van der Waals surface area contributed by atoms with Gasteiger partial charge in [0.15, 0.2) is 0 Å². The van der Waals surface area contributed by atoms with Crippen molar-refractivity contribution in [2.75, 3.05) is 6.61 Å². The first-order chi connectivity index (χ1) is 8.25. The lowest BCUT2D eigenvalue weighted by atomic mass is 10.0. The van der Waals surface area contributed by atoms with Crippen LogP contribution in [0.25, 0.3) is 5.57 Å². The molecule has 0 saturated carbocycles. The van der Waals surface area contributed by atoms with Crippen molar-refractivity contribution < 1.29 is 4.74 Å². The second kappa shape index (κ2) is 4.09. The van der Waals surface area contributed by atoms with Crippen LogP contribution in [0.2, 0.25) is 10.0 Å². The summed E-state index contributed by atoms with van der Waals surface area (Å²) in [7, 11) is 0. The van der Waals surface area contributed by atoms with E-state index in [2.05, 4.69) is 9.97 Å². The number of benzene rings is 1. The molecular weight excluding hydrogens is 259 g/mol. The second-order valence-electron chi connectivity index (χ2n) is 3.65. The minimum Gasteiger partial charge on any atom is -0.487 e. The largest absolute Gasteiger partial charge is 0.487 e. The van der Waals surface area contributed by atoms with Gasteiger partial charge in [0, 0.05) is 22.4 Å². The molecule has 1 aliphatic rings. The number of imidazole rings is 1. The van der Waals surface area contributed by atoms with E-state index in [1.807, 2.05) is 18.3 Å². The predicted molar refractivity (Wildman–Crippen MR) is 67.6 cm³/mol. The lowest BCUT2D eigenvalue weighted by Gasteiger charge is -2.19. The van der Waals surface area contributed by atoms with Crippen molar-refractivity contribution in [2.45, 2.75) is 0 Å². The van der Waals surface area contributed by atoms with Gasteiger partial charge < -0.3 is 9.72 Å². The standard InChI is InChI=1S/C12H8Cl2N2O/c13-7-3-9-8(11-5-15-6-16-11)1-2-17-12(9)10(14)4-7/h1,3-6H,2H2,(H,15,16). The van der Waals surface area contributed by atoms with Gasteiger partial charge in [0.25, 0.3) is 0 Å². The molecule has 3 nitrogen and oxygen atoms in total. The van der Waals surface area contributed by atoms with E-state index in [0.29, 0.717) is 22.4 Å². The molecule has 0 unspecified atom stereocenters. The molecule has 0 aliphatic carbocycles. The number of ether oxygens (including phenoxy) is 1. The molecule has 0 fully saturated rings. The summed E-state index contributed by atoms with van der Waals surface area (Å²) in [6.07, 6.45) is 5.43. The fraction of sp³-hybridized carbons (Fsp3) is 0.0833. The number of H-pyrrole nitrogens is 1. The summed E-state index contributed by atoms with van der Waals surface area (Å²) < 4.78 is 5.53. The molecule has 0 bridgehead atoms. The number of aromatic amines is 1. The Kier molecular flexibility index (Phi) is 2.57. The molecule has 3 rings (SSSR count). The monoisotopic (exact) mass is 266 g/mol. The smallest absolute Gasteiger partial charge is 0.146 e. The van der Waals surface area contributed by atoms with Gasteiger partial charge in [0.2, 0.25) is 0 Å². The van der Waals surface area contributed by atoms with Gasteiger partial charge >= 0.3 is 0 Å². The first kappa shape index (κ1) is 10.7. The molecule has 86 valence electrons. The first-order valence-electron chi connectivity index (χ1n) is 5.07. The zero-order valence-corrected chi connectivity index (χ0v) is 10.2.